The molecule has 0 spiro atoms. The fraction of sp³-hybridized carbons (Fsp3) is 0.292. The van der Waals surface area contributed by atoms with Gasteiger partial charge in [-0.25, -0.2) is 4.39 Å². The number of benzene rings is 2. The summed E-state index contributed by atoms with van der Waals surface area (Å²) in [5.41, 5.74) is 2.98. The summed E-state index contributed by atoms with van der Waals surface area (Å²) in [5, 5.41) is 7.20. The van der Waals surface area contributed by atoms with Crippen LogP contribution in [0.2, 0.25) is 0 Å². The van der Waals surface area contributed by atoms with Crippen LogP contribution in [0, 0.1) is 5.82 Å². The maximum absolute atomic E-state index is 13.4. The minimum atomic E-state index is -0.296. The number of carbonyl (C=O) groups excluding carboxylic acids is 2. The second-order valence-electron chi connectivity index (χ2n) is 7.30. The summed E-state index contributed by atoms with van der Waals surface area (Å²) in [6.07, 6.45) is 1.92. The molecular weight excluding hydrogens is 397 g/mol. The number of rotatable bonds is 10. The summed E-state index contributed by atoms with van der Waals surface area (Å²) >= 11 is 0. The number of carbonyl (C=O) groups is 2. The van der Waals surface area contributed by atoms with Crippen molar-refractivity contribution in [2.24, 2.45) is 0 Å². The van der Waals surface area contributed by atoms with Gasteiger partial charge in [0.2, 0.25) is 0 Å². The highest BCUT2D eigenvalue weighted by Crippen LogP contribution is 2.19. The van der Waals surface area contributed by atoms with Gasteiger partial charge >= 0.3 is 0 Å². The van der Waals surface area contributed by atoms with Crippen LogP contribution >= 0.6 is 0 Å². The molecular formula is C24H26FN3O3. The molecule has 0 fully saturated rings. The number of amides is 1. The van der Waals surface area contributed by atoms with Crippen LogP contribution in [0.5, 0.6) is 5.75 Å². The van der Waals surface area contributed by atoms with E-state index in [1.165, 1.54) is 12.1 Å². The number of aromatic nitrogens is 2. The van der Waals surface area contributed by atoms with Gasteiger partial charge in [0.25, 0.3) is 5.91 Å². The van der Waals surface area contributed by atoms with Gasteiger partial charge in [0.05, 0.1) is 5.69 Å². The molecule has 2 aromatic carbocycles. The van der Waals surface area contributed by atoms with Gasteiger partial charge in [0.15, 0.2) is 12.4 Å². The average Bonchev–Trinajstić information content (AvgIpc) is 3.26. The molecule has 7 heteroatoms. The number of ether oxygens (including phenoxy) is 1. The van der Waals surface area contributed by atoms with Gasteiger partial charge in [0, 0.05) is 36.8 Å². The number of H-pyrrole nitrogens is 1. The second kappa shape index (κ2) is 10.5. The van der Waals surface area contributed by atoms with Crippen molar-refractivity contribution < 1.29 is 18.7 Å². The molecule has 0 saturated heterocycles. The van der Waals surface area contributed by atoms with Gasteiger partial charge < -0.3 is 9.64 Å². The first kappa shape index (κ1) is 22.2. The highest BCUT2D eigenvalue weighted by Gasteiger charge is 2.11. The Morgan fingerprint density at radius 2 is 1.90 bits per heavy atom. The predicted octanol–water partition coefficient (Wildman–Crippen LogP) is 4.28. The zero-order valence-electron chi connectivity index (χ0n) is 17.7. The molecule has 162 valence electrons. The van der Waals surface area contributed by atoms with Crippen molar-refractivity contribution in [1.29, 1.82) is 0 Å². The largest absolute Gasteiger partial charge is 0.484 e. The van der Waals surface area contributed by atoms with Crippen molar-refractivity contribution in [3.63, 3.8) is 0 Å². The Bertz CT molecular complexity index is 1030. The van der Waals surface area contributed by atoms with Crippen LogP contribution in [0.1, 0.15) is 35.8 Å². The smallest absolute Gasteiger partial charge is 0.260 e. The molecule has 0 aliphatic rings. The summed E-state index contributed by atoms with van der Waals surface area (Å²) in [6, 6.07) is 15.0. The van der Waals surface area contributed by atoms with Crippen LogP contribution in [0.3, 0.4) is 0 Å². The average molecular weight is 423 g/mol. The zero-order valence-corrected chi connectivity index (χ0v) is 17.7. The van der Waals surface area contributed by atoms with Crippen molar-refractivity contribution in [2.75, 3.05) is 20.2 Å². The van der Waals surface area contributed by atoms with E-state index in [-0.39, 0.29) is 24.1 Å². The van der Waals surface area contributed by atoms with Crippen LogP contribution in [-0.4, -0.2) is 47.0 Å². The number of hydrogen-bond donors (Lipinski definition) is 1. The van der Waals surface area contributed by atoms with E-state index in [9.17, 15) is 14.0 Å². The van der Waals surface area contributed by atoms with E-state index < -0.39 is 0 Å². The molecule has 0 unspecified atom stereocenters. The molecule has 1 N–H and O–H groups in total. The lowest BCUT2D eigenvalue weighted by Gasteiger charge is -2.17. The first-order chi connectivity index (χ1) is 15.0. The number of aryl methyl sites for hydroxylation is 1. The summed E-state index contributed by atoms with van der Waals surface area (Å²) < 4.78 is 18.9. The number of ketones is 1. The monoisotopic (exact) mass is 423 g/mol. The van der Waals surface area contributed by atoms with Gasteiger partial charge in [-0.2, -0.15) is 5.10 Å². The molecule has 3 aromatic rings. The van der Waals surface area contributed by atoms with Gasteiger partial charge in [-0.05, 0) is 55.3 Å². The summed E-state index contributed by atoms with van der Waals surface area (Å²) in [5.74, 6) is 0.202. The van der Waals surface area contributed by atoms with E-state index in [1.807, 2.05) is 19.1 Å². The molecule has 0 radical (unpaired) electrons. The highest BCUT2D eigenvalue weighted by atomic mass is 19.1. The lowest BCUT2D eigenvalue weighted by molar-refractivity contribution is -0.132. The van der Waals surface area contributed by atoms with E-state index in [0.717, 1.165) is 17.7 Å². The lowest BCUT2D eigenvalue weighted by Crippen LogP contribution is -2.32. The third kappa shape index (κ3) is 6.25. The van der Waals surface area contributed by atoms with Crippen LogP contribution in [0.15, 0.2) is 54.6 Å². The van der Waals surface area contributed by atoms with Crippen molar-refractivity contribution in [3.05, 3.63) is 71.7 Å². The standard InChI is InChI=1S/C24H26FN3O3/c1-3-23(29)17-9-11-21(12-10-17)31-16-24(30)28(2)13-5-8-20-15-22(27-26-20)18-6-4-7-19(25)14-18/h4,6-7,9-12,14-15H,3,5,8,13,16H2,1-2H3,(H,26,27). The Balaban J connectivity index is 1.42. The molecule has 31 heavy (non-hydrogen) atoms. The Morgan fingerprint density at radius 3 is 2.61 bits per heavy atom. The van der Waals surface area contributed by atoms with E-state index in [4.69, 9.17) is 4.74 Å². The number of nitrogens with one attached hydrogen (secondary N) is 1. The number of Topliss-reactive ketones (excluding diaryl/α,β-unsaturated/α-hetero) is 1. The zero-order chi connectivity index (χ0) is 22.2. The molecule has 0 atom stereocenters. The molecule has 3 rings (SSSR count). The van der Waals surface area contributed by atoms with Crippen molar-refractivity contribution in [1.82, 2.24) is 15.1 Å². The number of halogens is 1. The summed E-state index contributed by atoms with van der Waals surface area (Å²) in [6.45, 7) is 2.32. The van der Waals surface area contributed by atoms with Crippen molar-refractivity contribution in [2.45, 2.75) is 26.2 Å². The third-order valence-electron chi connectivity index (χ3n) is 4.98. The van der Waals surface area contributed by atoms with Crippen LogP contribution in [0.25, 0.3) is 11.3 Å². The maximum Gasteiger partial charge on any atom is 0.260 e. The Kier molecular flexibility index (Phi) is 7.54. The fourth-order valence-corrected chi connectivity index (χ4v) is 3.11. The maximum atomic E-state index is 13.4. The lowest BCUT2D eigenvalue weighted by atomic mass is 10.1. The Morgan fingerprint density at radius 1 is 1.13 bits per heavy atom. The first-order valence-electron chi connectivity index (χ1n) is 10.3. The highest BCUT2D eigenvalue weighted by molar-refractivity contribution is 5.95. The topological polar surface area (TPSA) is 75.3 Å². The van der Waals surface area contributed by atoms with E-state index in [1.54, 1.807) is 42.3 Å². The number of likely N-dealkylation sites (N-methyl/N-ethyl adjacent to an activating group) is 1. The van der Waals surface area contributed by atoms with Crippen LogP contribution < -0.4 is 4.74 Å². The van der Waals surface area contributed by atoms with Gasteiger partial charge in [0.1, 0.15) is 11.6 Å². The van der Waals surface area contributed by atoms with E-state index >= 15 is 0 Å². The fourth-order valence-electron chi connectivity index (χ4n) is 3.11. The number of hydrogen-bond acceptors (Lipinski definition) is 4. The van der Waals surface area contributed by atoms with Gasteiger partial charge in [-0.1, -0.05) is 19.1 Å². The van der Waals surface area contributed by atoms with Crippen LogP contribution in [0.4, 0.5) is 4.39 Å². The SMILES string of the molecule is CCC(=O)c1ccc(OCC(=O)N(C)CCCc2cc(-c3cccc(F)c3)n[nH]2)cc1. The molecule has 1 heterocycles. The number of nitrogens with zero attached hydrogens (tertiary/aromatic N) is 2. The normalized spacial score (nSPS) is 10.7. The van der Waals surface area contributed by atoms with E-state index in [2.05, 4.69) is 10.2 Å². The Labute approximate surface area is 181 Å². The summed E-state index contributed by atoms with van der Waals surface area (Å²) in [7, 11) is 1.74. The number of aromatic amines is 1. The second-order valence-corrected chi connectivity index (χ2v) is 7.30. The van der Waals surface area contributed by atoms with Crippen molar-refractivity contribution >= 4 is 11.7 Å². The molecule has 0 saturated carbocycles. The van der Waals surface area contributed by atoms with Gasteiger partial charge in [-0.15, -0.1) is 0 Å². The molecule has 0 aliphatic heterocycles. The van der Waals surface area contributed by atoms with Crippen molar-refractivity contribution in [3.8, 4) is 17.0 Å². The predicted molar refractivity (Wildman–Crippen MR) is 116 cm³/mol. The molecule has 6 nitrogen and oxygen atoms in total. The molecule has 0 aliphatic carbocycles. The van der Waals surface area contributed by atoms with Gasteiger partial charge in [-0.3, -0.25) is 14.7 Å². The first-order valence-corrected chi connectivity index (χ1v) is 10.3. The summed E-state index contributed by atoms with van der Waals surface area (Å²) in [4.78, 5) is 25.6. The molecule has 0 bridgehead atoms. The minimum Gasteiger partial charge on any atom is -0.484 e. The third-order valence-corrected chi connectivity index (χ3v) is 4.98. The minimum absolute atomic E-state index is 0.0641. The van der Waals surface area contributed by atoms with E-state index in [0.29, 0.717) is 36.4 Å². The Hall–Kier alpha value is -3.48. The molecule has 1 amide bonds. The van der Waals surface area contributed by atoms with Crippen LogP contribution in [-0.2, 0) is 11.2 Å². The quantitative estimate of drug-likeness (QED) is 0.494. The molecule has 1 aromatic heterocycles.